The van der Waals surface area contributed by atoms with Crippen LogP contribution in [0.15, 0.2) is 72.3 Å². The molecule has 28 heavy (non-hydrogen) atoms. The van der Waals surface area contributed by atoms with Crippen LogP contribution in [0.2, 0.25) is 0 Å². The van der Waals surface area contributed by atoms with E-state index in [-0.39, 0.29) is 5.91 Å². The van der Waals surface area contributed by atoms with Gasteiger partial charge in [-0.3, -0.25) is 15.2 Å². The molecule has 140 valence electrons. The molecule has 4 rings (SSSR count). The Morgan fingerprint density at radius 3 is 2.61 bits per heavy atom. The van der Waals surface area contributed by atoms with Crippen molar-refractivity contribution < 1.29 is 4.79 Å². The summed E-state index contributed by atoms with van der Waals surface area (Å²) in [6.07, 6.45) is 4.11. The summed E-state index contributed by atoms with van der Waals surface area (Å²) in [5, 5.41) is 10.9. The number of hydrogen-bond donors (Lipinski definition) is 2. The fraction of sp³-hybridized carbons (Fsp3) is 0.100. The lowest BCUT2D eigenvalue weighted by molar-refractivity contribution is 0.102. The predicted octanol–water partition coefficient (Wildman–Crippen LogP) is 4.40. The maximum Gasteiger partial charge on any atom is 0.257 e. The van der Waals surface area contributed by atoms with Gasteiger partial charge in [-0.1, -0.05) is 54.2 Å². The summed E-state index contributed by atoms with van der Waals surface area (Å²) in [7, 11) is 0. The number of amides is 1. The van der Waals surface area contributed by atoms with E-state index < -0.39 is 0 Å². The lowest BCUT2D eigenvalue weighted by Gasteiger charge is -2.04. The molecule has 8 heteroatoms. The van der Waals surface area contributed by atoms with Crippen LogP contribution in [0.25, 0.3) is 0 Å². The zero-order valence-corrected chi connectivity index (χ0v) is 16.5. The first kappa shape index (κ1) is 18.4. The van der Waals surface area contributed by atoms with E-state index in [1.54, 1.807) is 11.8 Å². The molecule has 1 amide bonds. The number of thioether (sulfide) groups is 1. The van der Waals surface area contributed by atoms with Crippen LogP contribution in [0.5, 0.6) is 0 Å². The van der Waals surface area contributed by atoms with E-state index in [0.717, 1.165) is 27.8 Å². The summed E-state index contributed by atoms with van der Waals surface area (Å²) in [6, 6.07) is 17.7. The molecule has 0 fully saturated rings. The molecule has 0 aliphatic carbocycles. The zero-order chi connectivity index (χ0) is 19.2. The number of nitrogens with one attached hydrogen (secondary N) is 2. The fourth-order valence-corrected chi connectivity index (χ4v) is 4.16. The van der Waals surface area contributed by atoms with E-state index >= 15 is 0 Å². The number of aromatic nitrogens is 4. The first-order valence-corrected chi connectivity index (χ1v) is 10.4. The average molecular weight is 408 g/mol. The van der Waals surface area contributed by atoms with Crippen molar-refractivity contribution in [3.8, 4) is 0 Å². The van der Waals surface area contributed by atoms with Crippen molar-refractivity contribution in [1.82, 2.24) is 20.2 Å². The van der Waals surface area contributed by atoms with E-state index in [9.17, 15) is 4.79 Å². The Morgan fingerprint density at radius 2 is 1.86 bits per heavy atom. The molecule has 0 aliphatic rings. The van der Waals surface area contributed by atoms with Crippen LogP contribution in [0.4, 0.5) is 5.13 Å². The highest BCUT2D eigenvalue weighted by Gasteiger charge is 2.10. The largest absolute Gasteiger partial charge is 0.298 e. The van der Waals surface area contributed by atoms with Crippen molar-refractivity contribution in [2.24, 2.45) is 0 Å². The van der Waals surface area contributed by atoms with Crippen LogP contribution in [-0.4, -0.2) is 26.1 Å². The minimum absolute atomic E-state index is 0.157. The van der Waals surface area contributed by atoms with E-state index in [1.807, 2.05) is 48.7 Å². The van der Waals surface area contributed by atoms with E-state index in [1.165, 1.54) is 23.2 Å². The van der Waals surface area contributed by atoms with Gasteiger partial charge >= 0.3 is 0 Å². The van der Waals surface area contributed by atoms with Crippen molar-refractivity contribution in [2.75, 3.05) is 5.32 Å². The number of nitrogens with zero attached hydrogens (tertiary/aromatic N) is 3. The van der Waals surface area contributed by atoms with Gasteiger partial charge in [0.05, 0.1) is 0 Å². The summed E-state index contributed by atoms with van der Waals surface area (Å²) < 4.78 is 0. The quantitative estimate of drug-likeness (QED) is 0.444. The topological polar surface area (TPSA) is 83.6 Å². The normalized spacial score (nSPS) is 10.7. The number of carbonyl (C=O) groups excluding carboxylic acids is 1. The maximum atomic E-state index is 12.5. The highest BCUT2D eigenvalue weighted by Crippen LogP contribution is 2.22. The van der Waals surface area contributed by atoms with Gasteiger partial charge in [-0.15, -0.1) is 11.3 Å². The second-order valence-electron chi connectivity index (χ2n) is 6.02. The number of aromatic amines is 1. The second-order valence-corrected chi connectivity index (χ2v) is 8.10. The van der Waals surface area contributed by atoms with Crippen molar-refractivity contribution in [3.63, 3.8) is 0 Å². The molecule has 0 aliphatic heterocycles. The van der Waals surface area contributed by atoms with Crippen molar-refractivity contribution in [1.29, 1.82) is 0 Å². The Labute approximate surface area is 170 Å². The van der Waals surface area contributed by atoms with Crippen LogP contribution in [0.3, 0.4) is 0 Å². The molecule has 0 saturated heterocycles. The molecule has 0 atom stereocenters. The second kappa shape index (κ2) is 8.81. The molecule has 0 radical (unpaired) electrons. The van der Waals surface area contributed by atoms with Crippen LogP contribution in [0, 0.1) is 0 Å². The molecule has 2 aromatic carbocycles. The molecule has 6 nitrogen and oxygen atoms in total. The molecule has 2 heterocycles. The Morgan fingerprint density at radius 1 is 1.04 bits per heavy atom. The Balaban J connectivity index is 1.33. The van der Waals surface area contributed by atoms with Crippen LogP contribution in [0.1, 0.15) is 26.4 Å². The zero-order valence-electron chi connectivity index (χ0n) is 14.8. The van der Waals surface area contributed by atoms with E-state index in [4.69, 9.17) is 0 Å². The minimum atomic E-state index is -0.157. The lowest BCUT2D eigenvalue weighted by atomic mass is 10.1. The molecule has 2 N–H and O–H groups in total. The van der Waals surface area contributed by atoms with Gasteiger partial charge in [0.25, 0.3) is 5.91 Å². The molecule has 2 aromatic heterocycles. The molecule has 0 bridgehead atoms. The number of H-pyrrole nitrogens is 1. The highest BCUT2D eigenvalue weighted by atomic mass is 32.2. The Bertz CT molecular complexity index is 1030. The lowest BCUT2D eigenvalue weighted by Crippen LogP contribution is -2.11. The number of thiazole rings is 1. The fourth-order valence-electron chi connectivity index (χ4n) is 2.58. The van der Waals surface area contributed by atoms with Gasteiger partial charge in [0.1, 0.15) is 6.33 Å². The van der Waals surface area contributed by atoms with Gasteiger partial charge in [-0.05, 0) is 23.3 Å². The SMILES string of the molecule is O=C(Nc1ncc(Cc2ccccc2)s1)c1ccc(CSc2ncn[nH]2)cc1. The highest BCUT2D eigenvalue weighted by molar-refractivity contribution is 7.98. The van der Waals surface area contributed by atoms with Gasteiger partial charge in [-0.2, -0.15) is 5.10 Å². The standard InChI is InChI=1S/C20H17N5OS2/c26-18(16-8-6-15(7-9-16)12-27-20-22-13-23-25-20)24-19-21-11-17(28-19)10-14-4-2-1-3-5-14/h1-9,11,13H,10,12H2,(H,21,24,26)(H,22,23,25). The first-order valence-electron chi connectivity index (χ1n) is 8.63. The predicted molar refractivity (Wildman–Crippen MR) is 112 cm³/mol. The number of hydrogen-bond acceptors (Lipinski definition) is 6. The van der Waals surface area contributed by atoms with Crippen molar-refractivity contribution in [3.05, 3.63) is 88.7 Å². The summed E-state index contributed by atoms with van der Waals surface area (Å²) in [6.45, 7) is 0. The molecular formula is C20H17N5OS2. The third-order valence-electron chi connectivity index (χ3n) is 3.98. The Kier molecular flexibility index (Phi) is 5.79. The summed E-state index contributed by atoms with van der Waals surface area (Å²) >= 11 is 3.06. The third-order valence-corrected chi connectivity index (χ3v) is 5.84. The van der Waals surface area contributed by atoms with Gasteiger partial charge < -0.3 is 0 Å². The number of benzene rings is 2. The number of carbonyl (C=O) groups is 1. The first-order chi connectivity index (χ1) is 13.8. The van der Waals surface area contributed by atoms with Crippen LogP contribution in [-0.2, 0) is 12.2 Å². The monoisotopic (exact) mass is 407 g/mol. The minimum Gasteiger partial charge on any atom is -0.298 e. The third kappa shape index (κ3) is 4.85. The summed E-state index contributed by atoms with van der Waals surface area (Å²) in [4.78, 5) is 22.0. The van der Waals surface area contributed by atoms with Crippen molar-refractivity contribution >= 4 is 34.1 Å². The average Bonchev–Trinajstić information content (AvgIpc) is 3.40. The van der Waals surface area contributed by atoms with Gasteiger partial charge in [0.2, 0.25) is 0 Å². The van der Waals surface area contributed by atoms with Crippen LogP contribution >= 0.6 is 23.1 Å². The van der Waals surface area contributed by atoms with Gasteiger partial charge in [-0.25, -0.2) is 9.97 Å². The molecule has 0 spiro atoms. The van der Waals surface area contributed by atoms with Crippen LogP contribution < -0.4 is 5.32 Å². The Hall–Kier alpha value is -2.97. The molecule has 4 aromatic rings. The molecular weight excluding hydrogens is 390 g/mol. The van der Waals surface area contributed by atoms with Gasteiger partial charge in [0, 0.05) is 28.8 Å². The smallest absolute Gasteiger partial charge is 0.257 e. The summed E-state index contributed by atoms with van der Waals surface area (Å²) in [5.41, 5.74) is 2.94. The van der Waals surface area contributed by atoms with E-state index in [0.29, 0.717) is 10.7 Å². The molecule has 0 unspecified atom stereocenters. The molecule has 0 saturated carbocycles. The summed E-state index contributed by atoms with van der Waals surface area (Å²) in [5.74, 6) is 0.599. The van der Waals surface area contributed by atoms with Crippen molar-refractivity contribution in [2.45, 2.75) is 17.3 Å². The van der Waals surface area contributed by atoms with E-state index in [2.05, 4.69) is 37.6 Å². The van der Waals surface area contributed by atoms with Gasteiger partial charge in [0.15, 0.2) is 10.3 Å². The number of anilines is 1. The number of rotatable bonds is 7. The maximum absolute atomic E-state index is 12.5.